The summed E-state index contributed by atoms with van der Waals surface area (Å²) in [4.78, 5) is 24.3. The number of carbonyl (C=O) groups excluding carboxylic acids is 1. The molecule has 37 heavy (non-hydrogen) atoms. The van der Waals surface area contributed by atoms with Crippen LogP contribution in [0.3, 0.4) is 0 Å². The van der Waals surface area contributed by atoms with Crippen molar-refractivity contribution in [3.05, 3.63) is 76.1 Å². The molecule has 0 bridgehead atoms. The van der Waals surface area contributed by atoms with Gasteiger partial charge in [-0.3, -0.25) is 4.79 Å². The molecule has 2 heterocycles. The Morgan fingerprint density at radius 3 is 2.27 bits per heavy atom. The number of carbonyl (C=O) groups is 1. The summed E-state index contributed by atoms with van der Waals surface area (Å²) in [7, 11) is 0. The van der Waals surface area contributed by atoms with Crippen molar-refractivity contribution in [2.75, 3.05) is 18.0 Å². The Hall–Kier alpha value is -3.18. The van der Waals surface area contributed by atoms with E-state index in [0.29, 0.717) is 17.2 Å². The molecule has 1 N–H and O–H groups in total. The summed E-state index contributed by atoms with van der Waals surface area (Å²) in [6, 6.07) is 16.4. The molecule has 2 aromatic carbocycles. The van der Waals surface area contributed by atoms with Gasteiger partial charge < -0.3 is 10.0 Å². The van der Waals surface area contributed by atoms with Crippen molar-refractivity contribution in [1.29, 1.82) is 0 Å². The Bertz CT molecular complexity index is 1300. The Balaban J connectivity index is 1.30. The summed E-state index contributed by atoms with van der Waals surface area (Å²) in [6.45, 7) is 4.05. The normalized spacial score (nSPS) is 15.4. The van der Waals surface area contributed by atoms with E-state index in [2.05, 4.69) is 36.1 Å². The van der Waals surface area contributed by atoms with E-state index in [1.54, 1.807) is 0 Å². The average Bonchev–Trinajstić information content (AvgIpc) is 3.22. The molecule has 0 radical (unpaired) electrons. The van der Waals surface area contributed by atoms with Gasteiger partial charge in [-0.1, -0.05) is 66.4 Å². The number of rotatable bonds is 9. The molecule has 0 atom stereocenters. The van der Waals surface area contributed by atoms with Crippen molar-refractivity contribution in [3.8, 4) is 22.5 Å². The summed E-state index contributed by atoms with van der Waals surface area (Å²) in [5, 5.41) is 10.6. The lowest BCUT2D eigenvalue weighted by Crippen LogP contribution is -2.32. The third-order valence-electron chi connectivity index (χ3n) is 7.37. The zero-order valence-electron chi connectivity index (χ0n) is 21.5. The first kappa shape index (κ1) is 25.5. The first-order valence-electron chi connectivity index (χ1n) is 13.4. The Labute approximate surface area is 224 Å². The molecule has 5 rings (SSSR count). The number of hydrogen-bond donors (Lipinski definition) is 1. The lowest BCUT2D eigenvalue weighted by Gasteiger charge is -2.30. The fraction of sp³-hybridized carbons (Fsp3) is 0.387. The molecule has 192 valence electrons. The van der Waals surface area contributed by atoms with Crippen molar-refractivity contribution in [1.82, 2.24) is 9.97 Å². The van der Waals surface area contributed by atoms with Crippen LogP contribution in [-0.2, 0) is 11.2 Å². The van der Waals surface area contributed by atoms with Crippen molar-refractivity contribution in [2.24, 2.45) is 0 Å². The molecule has 0 spiro atoms. The number of halogens is 1. The van der Waals surface area contributed by atoms with Gasteiger partial charge in [-0.25, -0.2) is 9.97 Å². The van der Waals surface area contributed by atoms with Crippen LogP contribution in [0.5, 0.6) is 0 Å². The number of benzene rings is 2. The zero-order valence-corrected chi connectivity index (χ0v) is 22.2. The largest absolute Gasteiger partial charge is 0.512 e. The van der Waals surface area contributed by atoms with Gasteiger partial charge in [0.05, 0.1) is 29.3 Å². The second-order valence-electron chi connectivity index (χ2n) is 10.3. The lowest BCUT2D eigenvalue weighted by atomic mass is 10.0. The first-order valence-corrected chi connectivity index (χ1v) is 13.8. The number of anilines is 1. The van der Waals surface area contributed by atoms with Crippen molar-refractivity contribution in [3.63, 3.8) is 0 Å². The molecule has 0 saturated heterocycles. The van der Waals surface area contributed by atoms with Crippen LogP contribution in [0.2, 0.25) is 5.02 Å². The predicted molar refractivity (Wildman–Crippen MR) is 150 cm³/mol. The maximum Gasteiger partial charge on any atom is 0.151 e. The number of hydrogen-bond acceptors (Lipinski definition) is 5. The summed E-state index contributed by atoms with van der Waals surface area (Å²) in [5.41, 5.74) is 7.15. The van der Waals surface area contributed by atoms with Crippen LogP contribution in [0.1, 0.15) is 62.6 Å². The second-order valence-corrected chi connectivity index (χ2v) is 10.7. The number of nitrogens with zero attached hydrogens (tertiary/aromatic N) is 3. The third kappa shape index (κ3) is 6.04. The molecule has 6 heteroatoms. The average molecular weight is 516 g/mol. The summed E-state index contributed by atoms with van der Waals surface area (Å²) in [5.74, 6) is 1.47. The molecule has 1 aliphatic carbocycles. The Kier molecular flexibility index (Phi) is 7.90. The van der Waals surface area contributed by atoms with Gasteiger partial charge in [0.25, 0.3) is 0 Å². The highest BCUT2D eigenvalue weighted by Gasteiger charge is 2.24. The number of Topliss-reactive ketones (excluding diaryl/α,β-unsaturated/α-hetero) is 1. The molecule has 0 saturated carbocycles. The molecule has 1 aromatic heterocycles. The van der Waals surface area contributed by atoms with Crippen LogP contribution in [0.4, 0.5) is 5.82 Å². The quantitative estimate of drug-likeness (QED) is 0.296. The van der Waals surface area contributed by atoms with Crippen LogP contribution in [0.25, 0.3) is 22.5 Å². The van der Waals surface area contributed by atoms with E-state index >= 15 is 0 Å². The monoisotopic (exact) mass is 515 g/mol. The molecule has 3 aromatic rings. The van der Waals surface area contributed by atoms with Crippen molar-refractivity contribution < 1.29 is 9.90 Å². The van der Waals surface area contributed by atoms with Gasteiger partial charge in [0.2, 0.25) is 0 Å². The van der Waals surface area contributed by atoms with Crippen LogP contribution in [-0.4, -0.2) is 33.9 Å². The van der Waals surface area contributed by atoms with E-state index in [-0.39, 0.29) is 12.2 Å². The Morgan fingerprint density at radius 1 is 0.892 bits per heavy atom. The number of unbranched alkanes of at least 4 members (excludes halogenated alkanes) is 3. The summed E-state index contributed by atoms with van der Waals surface area (Å²) < 4.78 is 0. The number of fused-ring (bicyclic) bond motifs is 1. The molecular formula is C31H34ClN3O2. The van der Waals surface area contributed by atoms with E-state index in [1.165, 1.54) is 5.56 Å². The molecule has 1 aliphatic heterocycles. The van der Waals surface area contributed by atoms with E-state index < -0.39 is 0 Å². The van der Waals surface area contributed by atoms with Crippen LogP contribution in [0.15, 0.2) is 59.9 Å². The van der Waals surface area contributed by atoms with Gasteiger partial charge in [0.1, 0.15) is 5.78 Å². The predicted octanol–water partition coefficient (Wildman–Crippen LogP) is 7.65. The molecule has 0 amide bonds. The highest BCUT2D eigenvalue weighted by atomic mass is 35.5. The number of aromatic nitrogens is 2. The zero-order chi connectivity index (χ0) is 25.8. The SMILES string of the molecule is Cc1ccc(-c2nc3c(nc2-c2ccc(Cl)cc2)CCCN3CCCCCCC2=C(O)CC(=O)C2)cc1. The van der Waals surface area contributed by atoms with Gasteiger partial charge in [0, 0.05) is 35.7 Å². The molecule has 0 fully saturated rings. The lowest BCUT2D eigenvalue weighted by molar-refractivity contribution is -0.117. The van der Waals surface area contributed by atoms with Gasteiger partial charge in [-0.2, -0.15) is 0 Å². The fourth-order valence-corrected chi connectivity index (χ4v) is 5.43. The van der Waals surface area contributed by atoms with Gasteiger partial charge in [0.15, 0.2) is 5.82 Å². The van der Waals surface area contributed by atoms with E-state index in [9.17, 15) is 9.90 Å². The van der Waals surface area contributed by atoms with Crippen LogP contribution < -0.4 is 4.90 Å². The fourth-order valence-electron chi connectivity index (χ4n) is 5.31. The number of aliphatic hydroxyl groups is 1. The minimum absolute atomic E-state index is 0.140. The molecule has 5 nitrogen and oxygen atoms in total. The van der Waals surface area contributed by atoms with E-state index in [1.807, 2.05) is 24.3 Å². The summed E-state index contributed by atoms with van der Waals surface area (Å²) >= 11 is 6.16. The molecule has 0 unspecified atom stereocenters. The first-order chi connectivity index (χ1) is 18.0. The van der Waals surface area contributed by atoms with Gasteiger partial charge in [-0.05, 0) is 56.7 Å². The smallest absolute Gasteiger partial charge is 0.151 e. The van der Waals surface area contributed by atoms with Gasteiger partial charge in [-0.15, -0.1) is 0 Å². The standard InChI is InChI=1S/C31H34ClN3O2/c1-21-9-11-22(12-10-21)30-29(23-13-15-25(32)16-14-23)33-27-8-6-18-35(31(27)34-30)17-5-3-2-4-7-24-19-26(36)20-28(24)37/h9-16,37H,2-8,17-20H2,1H3. The Morgan fingerprint density at radius 2 is 1.57 bits per heavy atom. The van der Waals surface area contributed by atoms with E-state index in [4.69, 9.17) is 21.6 Å². The van der Waals surface area contributed by atoms with E-state index in [0.717, 1.165) is 97.6 Å². The summed E-state index contributed by atoms with van der Waals surface area (Å²) in [6.07, 6.45) is 7.85. The number of aryl methyl sites for hydroxylation is 2. The highest BCUT2D eigenvalue weighted by Crippen LogP contribution is 2.35. The van der Waals surface area contributed by atoms with Crippen LogP contribution >= 0.6 is 11.6 Å². The van der Waals surface area contributed by atoms with Crippen molar-refractivity contribution in [2.45, 2.75) is 64.7 Å². The molecular weight excluding hydrogens is 482 g/mol. The maximum atomic E-state index is 11.5. The highest BCUT2D eigenvalue weighted by molar-refractivity contribution is 6.30. The number of allylic oxidation sites excluding steroid dienone is 2. The maximum absolute atomic E-state index is 11.5. The van der Waals surface area contributed by atoms with Crippen LogP contribution in [0, 0.1) is 6.92 Å². The topological polar surface area (TPSA) is 66.3 Å². The second kappa shape index (κ2) is 11.5. The number of ketones is 1. The van der Waals surface area contributed by atoms with Crippen molar-refractivity contribution >= 4 is 23.2 Å². The minimum atomic E-state index is 0.140. The van der Waals surface area contributed by atoms with Gasteiger partial charge >= 0.3 is 0 Å². The number of aliphatic hydroxyl groups excluding tert-OH is 1. The minimum Gasteiger partial charge on any atom is -0.512 e. The molecule has 2 aliphatic rings. The third-order valence-corrected chi connectivity index (χ3v) is 7.62.